The van der Waals surface area contributed by atoms with Gasteiger partial charge in [0.15, 0.2) is 0 Å². The van der Waals surface area contributed by atoms with Gasteiger partial charge in [-0.1, -0.05) is 13.8 Å². The van der Waals surface area contributed by atoms with Crippen molar-refractivity contribution < 1.29 is 9.90 Å². The lowest BCUT2D eigenvalue weighted by molar-refractivity contribution is -0.153. The lowest BCUT2D eigenvalue weighted by atomic mass is 9.77. The molecule has 1 N–H and O–H groups in total. The van der Waals surface area contributed by atoms with E-state index in [1.165, 1.54) is 9.75 Å². The maximum atomic E-state index is 11.5. The Morgan fingerprint density at radius 3 is 2.74 bits per heavy atom. The van der Waals surface area contributed by atoms with E-state index in [9.17, 15) is 9.90 Å². The van der Waals surface area contributed by atoms with Crippen LogP contribution in [0, 0.1) is 5.41 Å². The molecule has 0 bridgehead atoms. The van der Waals surface area contributed by atoms with Gasteiger partial charge >= 0.3 is 5.97 Å². The molecule has 1 saturated heterocycles. The quantitative estimate of drug-likeness (QED) is 0.899. The number of nitrogens with zero attached hydrogens (tertiary/aromatic N) is 1. The molecule has 106 valence electrons. The summed E-state index contributed by atoms with van der Waals surface area (Å²) in [4.78, 5) is 16.6. The number of hydrogen-bond acceptors (Lipinski definition) is 3. The molecule has 1 fully saturated rings. The van der Waals surface area contributed by atoms with E-state index >= 15 is 0 Å². The molecule has 3 nitrogen and oxygen atoms in total. The van der Waals surface area contributed by atoms with E-state index in [2.05, 4.69) is 24.0 Å². The van der Waals surface area contributed by atoms with Crippen molar-refractivity contribution in [2.75, 3.05) is 13.1 Å². The molecule has 0 spiro atoms. The molecule has 1 unspecified atom stereocenters. The summed E-state index contributed by atoms with van der Waals surface area (Å²) in [5.74, 6) is -0.625. The van der Waals surface area contributed by atoms with Gasteiger partial charge in [-0.2, -0.15) is 0 Å². The maximum absolute atomic E-state index is 11.5. The van der Waals surface area contributed by atoms with Gasteiger partial charge < -0.3 is 5.11 Å². The number of rotatable bonds is 5. The zero-order valence-corrected chi connectivity index (χ0v) is 12.6. The lowest BCUT2D eigenvalue weighted by Gasteiger charge is -2.39. The van der Waals surface area contributed by atoms with Gasteiger partial charge in [-0.25, -0.2) is 0 Å². The van der Waals surface area contributed by atoms with Gasteiger partial charge in [0.25, 0.3) is 0 Å². The van der Waals surface area contributed by atoms with Crippen molar-refractivity contribution in [1.82, 2.24) is 4.90 Å². The molecule has 19 heavy (non-hydrogen) atoms. The number of carboxylic acid groups (broad SMARTS) is 1. The minimum Gasteiger partial charge on any atom is -0.481 e. The second-order valence-corrected chi connectivity index (χ2v) is 6.73. The number of aryl methyl sites for hydroxylation is 1. The molecular formula is C15H23NO2S. The Morgan fingerprint density at radius 1 is 1.42 bits per heavy atom. The van der Waals surface area contributed by atoms with Crippen LogP contribution in [0.4, 0.5) is 0 Å². The fourth-order valence-corrected chi connectivity index (χ4v) is 3.89. The van der Waals surface area contributed by atoms with E-state index in [-0.39, 0.29) is 0 Å². The van der Waals surface area contributed by atoms with Gasteiger partial charge in [-0.05, 0) is 44.4 Å². The van der Waals surface area contributed by atoms with E-state index in [0.29, 0.717) is 6.54 Å². The maximum Gasteiger partial charge on any atom is 0.310 e. The fraction of sp³-hybridized carbons (Fsp3) is 0.667. The molecule has 1 aromatic heterocycles. The monoisotopic (exact) mass is 281 g/mol. The summed E-state index contributed by atoms with van der Waals surface area (Å²) < 4.78 is 0. The van der Waals surface area contributed by atoms with Crippen LogP contribution in [0.25, 0.3) is 0 Å². The minimum absolute atomic E-state index is 0.525. The number of carbonyl (C=O) groups is 1. The van der Waals surface area contributed by atoms with Crippen LogP contribution in [0.3, 0.4) is 0 Å². The van der Waals surface area contributed by atoms with Gasteiger partial charge in [0.2, 0.25) is 0 Å². The predicted octanol–water partition coefficient (Wildman–Crippen LogP) is 3.39. The Hall–Kier alpha value is -0.870. The lowest BCUT2D eigenvalue weighted by Crippen LogP contribution is -2.47. The first kappa shape index (κ1) is 14.5. The average Bonchev–Trinajstić information content (AvgIpc) is 2.86. The van der Waals surface area contributed by atoms with Crippen molar-refractivity contribution in [2.45, 2.75) is 46.1 Å². The summed E-state index contributed by atoms with van der Waals surface area (Å²) in [5, 5.41) is 9.49. The number of carboxylic acids is 1. The van der Waals surface area contributed by atoms with Crippen LogP contribution >= 0.6 is 11.3 Å². The molecular weight excluding hydrogens is 258 g/mol. The van der Waals surface area contributed by atoms with Crippen LogP contribution in [0.2, 0.25) is 0 Å². The van der Waals surface area contributed by atoms with Crippen LogP contribution in [0.5, 0.6) is 0 Å². The smallest absolute Gasteiger partial charge is 0.310 e. The summed E-state index contributed by atoms with van der Waals surface area (Å²) in [6.45, 7) is 6.78. The molecule has 1 atom stereocenters. The molecule has 2 heterocycles. The van der Waals surface area contributed by atoms with E-state index in [1.54, 1.807) is 0 Å². The minimum atomic E-state index is -0.625. The van der Waals surface area contributed by atoms with E-state index in [1.807, 2.05) is 18.3 Å². The largest absolute Gasteiger partial charge is 0.481 e. The molecule has 1 aromatic rings. The molecule has 0 aliphatic carbocycles. The van der Waals surface area contributed by atoms with E-state index in [4.69, 9.17) is 0 Å². The highest BCUT2D eigenvalue weighted by molar-refractivity contribution is 7.11. The summed E-state index contributed by atoms with van der Waals surface area (Å²) in [6.07, 6.45) is 3.62. The SMILES string of the molecule is CCc1ccc(CN2CCCC(CC)(C(=O)O)C2)s1. The van der Waals surface area contributed by atoms with Crippen molar-refractivity contribution in [3.05, 3.63) is 21.9 Å². The summed E-state index contributed by atoms with van der Waals surface area (Å²) in [5.41, 5.74) is -0.525. The van der Waals surface area contributed by atoms with Crippen molar-refractivity contribution in [3.63, 3.8) is 0 Å². The van der Waals surface area contributed by atoms with Gasteiger partial charge in [-0.3, -0.25) is 9.69 Å². The fourth-order valence-electron chi connectivity index (χ4n) is 2.89. The second-order valence-electron chi connectivity index (χ2n) is 5.47. The van der Waals surface area contributed by atoms with Gasteiger partial charge in [0, 0.05) is 22.8 Å². The molecule has 0 saturated carbocycles. The standard InChI is InChI=1S/C15H23NO2S/c1-3-12-6-7-13(19-12)10-16-9-5-8-15(4-2,11-16)14(17)18/h6-7H,3-5,8-11H2,1-2H3,(H,17,18). The molecule has 2 rings (SSSR count). The number of thiophene rings is 1. The van der Waals surface area contributed by atoms with Crippen LogP contribution in [-0.4, -0.2) is 29.1 Å². The van der Waals surface area contributed by atoms with Crippen LogP contribution in [0.1, 0.15) is 42.9 Å². The number of aliphatic carboxylic acids is 1. The first-order chi connectivity index (χ1) is 9.09. The predicted molar refractivity (Wildman–Crippen MR) is 78.6 cm³/mol. The van der Waals surface area contributed by atoms with Crippen molar-refractivity contribution in [2.24, 2.45) is 5.41 Å². The first-order valence-corrected chi connectivity index (χ1v) is 7.94. The highest BCUT2D eigenvalue weighted by atomic mass is 32.1. The Labute approximate surface area is 119 Å². The van der Waals surface area contributed by atoms with Crippen LogP contribution < -0.4 is 0 Å². The van der Waals surface area contributed by atoms with Crippen molar-refractivity contribution in [1.29, 1.82) is 0 Å². The zero-order valence-electron chi connectivity index (χ0n) is 11.8. The van der Waals surface area contributed by atoms with Crippen molar-refractivity contribution in [3.8, 4) is 0 Å². The molecule has 4 heteroatoms. The first-order valence-electron chi connectivity index (χ1n) is 7.13. The Balaban J connectivity index is 2.03. The Morgan fingerprint density at radius 2 is 2.16 bits per heavy atom. The van der Waals surface area contributed by atoms with Crippen LogP contribution in [-0.2, 0) is 17.8 Å². The highest BCUT2D eigenvalue weighted by Crippen LogP contribution is 2.34. The zero-order chi connectivity index (χ0) is 13.9. The third-order valence-corrected chi connectivity index (χ3v) is 5.45. The highest BCUT2D eigenvalue weighted by Gasteiger charge is 2.40. The Bertz CT molecular complexity index is 443. The number of likely N-dealkylation sites (tertiary alicyclic amines) is 1. The molecule has 0 amide bonds. The van der Waals surface area contributed by atoms with Gasteiger partial charge in [0.1, 0.15) is 0 Å². The van der Waals surface area contributed by atoms with Gasteiger partial charge in [0.05, 0.1) is 5.41 Å². The van der Waals surface area contributed by atoms with E-state index < -0.39 is 11.4 Å². The summed E-state index contributed by atoms with van der Waals surface area (Å²) in [6, 6.07) is 4.38. The molecule has 0 aromatic carbocycles. The van der Waals surface area contributed by atoms with Gasteiger partial charge in [-0.15, -0.1) is 11.3 Å². The van der Waals surface area contributed by atoms with Crippen molar-refractivity contribution >= 4 is 17.3 Å². The van der Waals surface area contributed by atoms with Crippen LogP contribution in [0.15, 0.2) is 12.1 Å². The molecule has 1 aliphatic rings. The number of hydrogen-bond donors (Lipinski definition) is 1. The molecule has 0 radical (unpaired) electrons. The topological polar surface area (TPSA) is 40.5 Å². The normalized spacial score (nSPS) is 24.5. The summed E-state index contributed by atoms with van der Waals surface area (Å²) in [7, 11) is 0. The third kappa shape index (κ3) is 3.18. The third-order valence-electron chi connectivity index (χ3n) is 4.23. The summed E-state index contributed by atoms with van der Waals surface area (Å²) >= 11 is 1.85. The second kappa shape index (κ2) is 6.06. The average molecular weight is 281 g/mol. The van der Waals surface area contributed by atoms with E-state index in [0.717, 1.165) is 38.8 Å². The Kier molecular flexibility index (Phi) is 4.63. The molecule has 1 aliphatic heterocycles. The number of piperidine rings is 1.